The smallest absolute Gasteiger partial charge is 0.253 e. The van der Waals surface area contributed by atoms with Crippen LogP contribution in [0.3, 0.4) is 0 Å². The van der Waals surface area contributed by atoms with Crippen molar-refractivity contribution in [3.63, 3.8) is 0 Å². The molecular formula is C18H25N3O2. The van der Waals surface area contributed by atoms with Gasteiger partial charge >= 0.3 is 0 Å². The fourth-order valence-electron chi connectivity index (χ4n) is 4.72. The van der Waals surface area contributed by atoms with Crippen molar-refractivity contribution in [3.8, 4) is 0 Å². The maximum Gasteiger partial charge on any atom is 0.253 e. The molecule has 2 aliphatic heterocycles. The molecule has 1 amide bonds. The number of amides is 1. The summed E-state index contributed by atoms with van der Waals surface area (Å²) in [4.78, 5) is 21.1. The van der Waals surface area contributed by atoms with Crippen molar-refractivity contribution in [1.82, 2.24) is 14.8 Å². The van der Waals surface area contributed by atoms with Crippen molar-refractivity contribution in [2.45, 2.75) is 37.8 Å². The zero-order valence-electron chi connectivity index (χ0n) is 13.5. The van der Waals surface area contributed by atoms with Crippen LogP contribution in [0.25, 0.3) is 0 Å². The molecule has 1 N–H and O–H groups in total. The molecule has 0 spiro atoms. The Morgan fingerprint density at radius 3 is 2.43 bits per heavy atom. The van der Waals surface area contributed by atoms with E-state index in [1.54, 1.807) is 24.5 Å². The molecule has 0 aromatic carbocycles. The molecule has 3 aliphatic rings. The zero-order valence-corrected chi connectivity index (χ0v) is 13.5. The number of rotatable bonds is 2. The van der Waals surface area contributed by atoms with E-state index in [1.165, 1.54) is 12.8 Å². The molecule has 3 fully saturated rings. The second-order valence-corrected chi connectivity index (χ2v) is 7.32. The molecule has 1 aromatic heterocycles. The molecule has 124 valence electrons. The van der Waals surface area contributed by atoms with Gasteiger partial charge in [0, 0.05) is 37.1 Å². The number of carbonyl (C=O) groups excluding carboxylic acids is 1. The van der Waals surface area contributed by atoms with Crippen LogP contribution in [-0.4, -0.2) is 64.1 Å². The van der Waals surface area contributed by atoms with Crippen molar-refractivity contribution in [2.75, 3.05) is 26.2 Å². The SMILES string of the molecule is O=C(c1ccncc1)N1C[C@H]2C[C@@H](N3CCCC3)[C@H](O)C[C@H]2C1. The van der Waals surface area contributed by atoms with Gasteiger partial charge in [-0.15, -0.1) is 0 Å². The summed E-state index contributed by atoms with van der Waals surface area (Å²) in [5, 5.41) is 10.6. The number of aromatic nitrogens is 1. The van der Waals surface area contributed by atoms with Gasteiger partial charge in [-0.25, -0.2) is 0 Å². The Bertz CT molecular complexity index is 559. The highest BCUT2D eigenvalue weighted by atomic mass is 16.3. The molecule has 0 unspecified atom stereocenters. The van der Waals surface area contributed by atoms with Crippen LogP contribution in [0.5, 0.6) is 0 Å². The van der Waals surface area contributed by atoms with Gasteiger partial charge in [0.2, 0.25) is 0 Å². The first-order chi connectivity index (χ1) is 11.2. The fourth-order valence-corrected chi connectivity index (χ4v) is 4.72. The van der Waals surface area contributed by atoms with Gasteiger partial charge in [-0.2, -0.15) is 0 Å². The third-order valence-electron chi connectivity index (χ3n) is 5.93. The average molecular weight is 315 g/mol. The summed E-state index contributed by atoms with van der Waals surface area (Å²) >= 11 is 0. The number of hydrogen-bond acceptors (Lipinski definition) is 4. The van der Waals surface area contributed by atoms with Crippen LogP contribution in [-0.2, 0) is 0 Å². The van der Waals surface area contributed by atoms with Crippen LogP contribution < -0.4 is 0 Å². The maximum atomic E-state index is 12.6. The van der Waals surface area contributed by atoms with Crippen LogP contribution in [0.15, 0.2) is 24.5 Å². The van der Waals surface area contributed by atoms with Crippen molar-refractivity contribution in [2.24, 2.45) is 11.8 Å². The summed E-state index contributed by atoms with van der Waals surface area (Å²) in [6.45, 7) is 3.87. The van der Waals surface area contributed by atoms with Crippen LogP contribution in [0.1, 0.15) is 36.0 Å². The fraction of sp³-hybridized carbons (Fsp3) is 0.667. The Labute approximate surface area is 137 Å². The number of nitrogens with zero attached hydrogens (tertiary/aromatic N) is 3. The van der Waals surface area contributed by atoms with Gasteiger partial charge in [0.25, 0.3) is 5.91 Å². The molecule has 5 heteroatoms. The Balaban J connectivity index is 1.44. The lowest BCUT2D eigenvalue weighted by Gasteiger charge is -2.40. The number of hydrogen-bond donors (Lipinski definition) is 1. The molecule has 1 aliphatic carbocycles. The van der Waals surface area contributed by atoms with Gasteiger partial charge in [0.05, 0.1) is 6.10 Å². The molecule has 4 atom stereocenters. The summed E-state index contributed by atoms with van der Waals surface area (Å²) in [7, 11) is 0. The van der Waals surface area contributed by atoms with Crippen LogP contribution in [0, 0.1) is 11.8 Å². The predicted molar refractivity (Wildman–Crippen MR) is 87.0 cm³/mol. The zero-order chi connectivity index (χ0) is 15.8. The minimum Gasteiger partial charge on any atom is -0.391 e. The lowest BCUT2D eigenvalue weighted by molar-refractivity contribution is -0.000864. The van der Waals surface area contributed by atoms with E-state index in [0.717, 1.165) is 44.6 Å². The minimum atomic E-state index is -0.231. The van der Waals surface area contributed by atoms with Crippen LogP contribution >= 0.6 is 0 Å². The second kappa shape index (κ2) is 6.21. The third kappa shape index (κ3) is 2.88. The van der Waals surface area contributed by atoms with Gasteiger partial charge in [0.1, 0.15) is 0 Å². The molecule has 1 aromatic rings. The van der Waals surface area contributed by atoms with E-state index in [4.69, 9.17) is 0 Å². The molecule has 23 heavy (non-hydrogen) atoms. The van der Waals surface area contributed by atoms with E-state index in [-0.39, 0.29) is 12.0 Å². The first kappa shape index (κ1) is 15.1. The normalized spacial score (nSPS) is 34.6. The first-order valence-corrected chi connectivity index (χ1v) is 8.84. The molecule has 3 heterocycles. The standard InChI is InChI=1S/C18H25N3O2/c22-17-10-15-12-21(18(23)13-3-5-19-6-4-13)11-14(15)9-16(17)20-7-1-2-8-20/h3-6,14-17,22H,1-2,7-12H2/t14-,15+,16-,17-/m1/s1. The summed E-state index contributed by atoms with van der Waals surface area (Å²) in [6.07, 6.45) is 7.49. The Hall–Kier alpha value is -1.46. The van der Waals surface area contributed by atoms with Gasteiger partial charge < -0.3 is 10.0 Å². The summed E-state index contributed by atoms with van der Waals surface area (Å²) in [6, 6.07) is 3.87. The highest BCUT2D eigenvalue weighted by Gasteiger charge is 2.44. The van der Waals surface area contributed by atoms with Gasteiger partial charge in [-0.3, -0.25) is 14.7 Å². The molecule has 0 radical (unpaired) electrons. The summed E-state index contributed by atoms with van der Waals surface area (Å²) in [5.41, 5.74) is 0.718. The van der Waals surface area contributed by atoms with Crippen molar-refractivity contribution in [1.29, 1.82) is 0 Å². The van der Waals surface area contributed by atoms with E-state index < -0.39 is 0 Å². The lowest BCUT2D eigenvalue weighted by atomic mass is 9.77. The molecular weight excluding hydrogens is 290 g/mol. The topological polar surface area (TPSA) is 56.7 Å². The van der Waals surface area contributed by atoms with E-state index in [9.17, 15) is 9.90 Å². The highest BCUT2D eigenvalue weighted by molar-refractivity contribution is 5.94. The third-order valence-corrected chi connectivity index (χ3v) is 5.93. The van der Waals surface area contributed by atoms with E-state index >= 15 is 0 Å². The van der Waals surface area contributed by atoms with Gasteiger partial charge in [0.15, 0.2) is 0 Å². The Kier molecular flexibility index (Phi) is 4.07. The number of aliphatic hydroxyl groups excluding tert-OH is 1. The first-order valence-electron chi connectivity index (χ1n) is 8.84. The van der Waals surface area contributed by atoms with Gasteiger partial charge in [-0.1, -0.05) is 0 Å². The lowest BCUT2D eigenvalue weighted by Crippen LogP contribution is -2.48. The molecule has 5 nitrogen and oxygen atoms in total. The molecule has 4 rings (SSSR count). The van der Waals surface area contributed by atoms with Crippen molar-refractivity contribution >= 4 is 5.91 Å². The minimum absolute atomic E-state index is 0.106. The summed E-state index contributed by atoms with van der Waals surface area (Å²) < 4.78 is 0. The maximum absolute atomic E-state index is 12.6. The van der Waals surface area contributed by atoms with Gasteiger partial charge in [-0.05, 0) is 62.7 Å². The monoisotopic (exact) mass is 315 g/mol. The average Bonchev–Trinajstić information content (AvgIpc) is 3.23. The summed E-state index contributed by atoms with van der Waals surface area (Å²) in [5.74, 6) is 1.10. The Morgan fingerprint density at radius 1 is 1.09 bits per heavy atom. The van der Waals surface area contributed by atoms with Crippen molar-refractivity contribution in [3.05, 3.63) is 30.1 Å². The Morgan fingerprint density at radius 2 is 1.74 bits per heavy atom. The quantitative estimate of drug-likeness (QED) is 0.896. The number of carbonyl (C=O) groups is 1. The highest BCUT2D eigenvalue weighted by Crippen LogP contribution is 2.39. The number of fused-ring (bicyclic) bond motifs is 1. The number of likely N-dealkylation sites (tertiary alicyclic amines) is 2. The largest absolute Gasteiger partial charge is 0.391 e. The van der Waals surface area contributed by atoms with Crippen LogP contribution in [0.4, 0.5) is 0 Å². The molecule has 2 saturated heterocycles. The van der Waals surface area contributed by atoms with E-state index in [0.29, 0.717) is 17.9 Å². The predicted octanol–water partition coefficient (Wildman–Crippen LogP) is 1.39. The number of aliphatic hydroxyl groups is 1. The van der Waals surface area contributed by atoms with E-state index in [2.05, 4.69) is 9.88 Å². The van der Waals surface area contributed by atoms with E-state index in [1.807, 2.05) is 4.90 Å². The van der Waals surface area contributed by atoms with Crippen molar-refractivity contribution < 1.29 is 9.90 Å². The second-order valence-electron chi connectivity index (χ2n) is 7.32. The number of pyridine rings is 1. The van der Waals surface area contributed by atoms with Crippen LogP contribution in [0.2, 0.25) is 0 Å². The molecule has 1 saturated carbocycles. The molecule has 0 bridgehead atoms.